The molecule has 3 unspecified atom stereocenters. The van der Waals surface area contributed by atoms with Gasteiger partial charge < -0.3 is 10.7 Å². The first-order chi connectivity index (χ1) is 9.51. The number of carbonyl (C=O) groups excluding carboxylic acids is 1. The topological polar surface area (TPSA) is 80.0 Å². The minimum atomic E-state index is -0.0998. The number of nitrogen functional groups attached to an aromatic ring is 1. The van der Waals surface area contributed by atoms with E-state index in [-0.39, 0.29) is 11.9 Å². The first-order valence-electron chi connectivity index (χ1n) is 7.25. The maximum Gasteiger partial charge on any atom is 0.255 e. The molecule has 4 N–H and O–H groups in total. The largest absolute Gasteiger partial charge is 0.349 e. The molecule has 5 nitrogen and oxygen atoms in total. The Morgan fingerprint density at radius 3 is 2.75 bits per heavy atom. The number of aromatic nitrogens is 1. The van der Waals surface area contributed by atoms with Crippen LogP contribution in [-0.4, -0.2) is 16.9 Å². The van der Waals surface area contributed by atoms with Crippen LogP contribution in [0.3, 0.4) is 0 Å². The Labute approximate surface area is 120 Å². The van der Waals surface area contributed by atoms with Crippen LogP contribution in [0, 0.1) is 18.8 Å². The highest BCUT2D eigenvalue weighted by molar-refractivity contribution is 5.99. The van der Waals surface area contributed by atoms with Crippen molar-refractivity contribution in [3.8, 4) is 0 Å². The molecule has 1 aromatic heterocycles. The number of anilines is 1. The van der Waals surface area contributed by atoms with Crippen molar-refractivity contribution in [2.45, 2.75) is 46.1 Å². The van der Waals surface area contributed by atoms with Gasteiger partial charge >= 0.3 is 0 Å². The van der Waals surface area contributed by atoms with Crippen molar-refractivity contribution >= 4 is 11.6 Å². The van der Waals surface area contributed by atoms with Crippen LogP contribution in [-0.2, 0) is 0 Å². The third-order valence-corrected chi connectivity index (χ3v) is 4.37. The zero-order valence-corrected chi connectivity index (χ0v) is 12.4. The molecule has 0 aromatic carbocycles. The Kier molecular flexibility index (Phi) is 4.60. The van der Waals surface area contributed by atoms with Crippen LogP contribution in [0.25, 0.3) is 0 Å². The Balaban J connectivity index is 2.05. The summed E-state index contributed by atoms with van der Waals surface area (Å²) in [5, 5.41) is 3.11. The molecule has 1 heterocycles. The first-order valence-corrected chi connectivity index (χ1v) is 7.25. The average Bonchev–Trinajstić information content (AvgIpc) is 2.42. The standard InChI is InChI=1S/C15H24N4O/c1-9-4-5-12(6-10(9)2)18-15(20)13-8-17-11(3)7-14(13)19-16/h7-10,12H,4-6,16H2,1-3H3,(H,17,19)(H,18,20). The fraction of sp³-hybridized carbons (Fsp3) is 0.600. The number of carbonyl (C=O) groups is 1. The Bertz CT molecular complexity index is 489. The summed E-state index contributed by atoms with van der Waals surface area (Å²) in [5.41, 5.74) is 4.52. The van der Waals surface area contributed by atoms with Gasteiger partial charge in [-0.15, -0.1) is 0 Å². The van der Waals surface area contributed by atoms with Crippen LogP contribution in [0.1, 0.15) is 49.2 Å². The highest BCUT2D eigenvalue weighted by Crippen LogP contribution is 2.29. The summed E-state index contributed by atoms with van der Waals surface area (Å²) in [6, 6.07) is 2.03. The number of hydrogen-bond donors (Lipinski definition) is 3. The number of aryl methyl sites for hydroxylation is 1. The van der Waals surface area contributed by atoms with Gasteiger partial charge in [-0.05, 0) is 44.1 Å². The normalized spacial score (nSPS) is 26.1. The molecule has 20 heavy (non-hydrogen) atoms. The van der Waals surface area contributed by atoms with Gasteiger partial charge in [-0.3, -0.25) is 15.6 Å². The molecule has 1 aliphatic carbocycles. The number of amides is 1. The van der Waals surface area contributed by atoms with E-state index in [4.69, 9.17) is 5.84 Å². The second-order valence-electron chi connectivity index (χ2n) is 5.95. The van der Waals surface area contributed by atoms with Crippen LogP contribution < -0.4 is 16.6 Å². The Morgan fingerprint density at radius 2 is 2.10 bits per heavy atom. The lowest BCUT2D eigenvalue weighted by Crippen LogP contribution is -2.40. The molecular weight excluding hydrogens is 252 g/mol. The molecule has 2 rings (SSSR count). The number of nitrogens with two attached hydrogens (primary N) is 1. The molecule has 0 saturated heterocycles. The van der Waals surface area contributed by atoms with Gasteiger partial charge in [0, 0.05) is 17.9 Å². The van der Waals surface area contributed by atoms with Gasteiger partial charge in [0.2, 0.25) is 0 Å². The Morgan fingerprint density at radius 1 is 1.35 bits per heavy atom. The number of rotatable bonds is 3. The first kappa shape index (κ1) is 14.8. The number of pyridine rings is 1. The van der Waals surface area contributed by atoms with Gasteiger partial charge in [0.15, 0.2) is 0 Å². The molecular formula is C15H24N4O. The van der Waals surface area contributed by atoms with Crippen LogP contribution in [0.5, 0.6) is 0 Å². The van der Waals surface area contributed by atoms with Gasteiger partial charge in [-0.2, -0.15) is 0 Å². The van der Waals surface area contributed by atoms with Crippen molar-refractivity contribution in [1.29, 1.82) is 0 Å². The summed E-state index contributed by atoms with van der Waals surface area (Å²) in [6.07, 6.45) is 4.83. The van der Waals surface area contributed by atoms with Crippen LogP contribution in [0.4, 0.5) is 5.69 Å². The SMILES string of the molecule is Cc1cc(NN)c(C(=O)NC2CCC(C)C(C)C2)cn1. The number of nitrogens with zero attached hydrogens (tertiary/aromatic N) is 1. The quantitative estimate of drug-likeness (QED) is 0.584. The predicted molar refractivity (Wildman–Crippen MR) is 80.2 cm³/mol. The molecule has 1 saturated carbocycles. The van der Waals surface area contributed by atoms with E-state index in [1.807, 2.05) is 6.92 Å². The lowest BCUT2D eigenvalue weighted by atomic mass is 9.79. The van der Waals surface area contributed by atoms with E-state index in [1.165, 1.54) is 6.42 Å². The van der Waals surface area contributed by atoms with E-state index in [9.17, 15) is 4.79 Å². The minimum Gasteiger partial charge on any atom is -0.349 e. The second kappa shape index (κ2) is 6.22. The number of hydrogen-bond acceptors (Lipinski definition) is 4. The van der Waals surface area contributed by atoms with Crippen molar-refractivity contribution in [3.63, 3.8) is 0 Å². The van der Waals surface area contributed by atoms with Gasteiger partial charge in [-0.25, -0.2) is 0 Å². The van der Waals surface area contributed by atoms with Crippen molar-refractivity contribution in [2.75, 3.05) is 5.43 Å². The second-order valence-corrected chi connectivity index (χ2v) is 5.95. The molecule has 0 radical (unpaired) electrons. The van der Waals surface area contributed by atoms with Crippen LogP contribution in [0.15, 0.2) is 12.3 Å². The third-order valence-electron chi connectivity index (χ3n) is 4.37. The van der Waals surface area contributed by atoms with E-state index in [0.717, 1.165) is 24.5 Å². The molecule has 1 fully saturated rings. The molecule has 5 heteroatoms. The lowest BCUT2D eigenvalue weighted by molar-refractivity contribution is 0.0911. The highest BCUT2D eigenvalue weighted by atomic mass is 16.1. The summed E-state index contributed by atoms with van der Waals surface area (Å²) in [5.74, 6) is 6.76. The molecule has 110 valence electrons. The number of hydrazine groups is 1. The molecule has 0 spiro atoms. The van der Waals surface area contributed by atoms with Crippen LogP contribution in [0.2, 0.25) is 0 Å². The summed E-state index contributed by atoms with van der Waals surface area (Å²) < 4.78 is 0. The maximum absolute atomic E-state index is 12.3. The molecule has 3 atom stereocenters. The molecule has 1 aromatic rings. The molecule has 0 aliphatic heterocycles. The smallest absolute Gasteiger partial charge is 0.255 e. The predicted octanol–water partition coefficient (Wildman–Crippen LogP) is 2.23. The third kappa shape index (κ3) is 3.28. The average molecular weight is 276 g/mol. The monoisotopic (exact) mass is 276 g/mol. The summed E-state index contributed by atoms with van der Waals surface area (Å²) in [4.78, 5) is 16.5. The van der Waals surface area contributed by atoms with E-state index in [0.29, 0.717) is 17.2 Å². The van der Waals surface area contributed by atoms with E-state index < -0.39 is 0 Å². The minimum absolute atomic E-state index is 0.0998. The van der Waals surface area contributed by atoms with Crippen molar-refractivity contribution in [2.24, 2.45) is 17.7 Å². The Hall–Kier alpha value is -1.62. The summed E-state index contributed by atoms with van der Waals surface area (Å²) in [6.45, 7) is 6.40. The number of nitrogens with one attached hydrogen (secondary N) is 2. The van der Waals surface area contributed by atoms with Gasteiger partial charge in [0.05, 0.1) is 11.3 Å². The maximum atomic E-state index is 12.3. The summed E-state index contributed by atoms with van der Waals surface area (Å²) in [7, 11) is 0. The van der Waals surface area contributed by atoms with E-state index >= 15 is 0 Å². The highest BCUT2D eigenvalue weighted by Gasteiger charge is 2.26. The fourth-order valence-electron chi connectivity index (χ4n) is 2.80. The van der Waals surface area contributed by atoms with Gasteiger partial charge in [0.1, 0.15) is 0 Å². The van der Waals surface area contributed by atoms with Crippen LogP contribution >= 0.6 is 0 Å². The van der Waals surface area contributed by atoms with Crippen molar-refractivity contribution in [1.82, 2.24) is 10.3 Å². The van der Waals surface area contributed by atoms with Gasteiger partial charge in [0.25, 0.3) is 5.91 Å². The fourth-order valence-corrected chi connectivity index (χ4v) is 2.80. The van der Waals surface area contributed by atoms with Gasteiger partial charge in [-0.1, -0.05) is 13.8 Å². The molecule has 1 amide bonds. The zero-order chi connectivity index (χ0) is 14.7. The summed E-state index contributed by atoms with van der Waals surface area (Å²) >= 11 is 0. The van der Waals surface area contributed by atoms with E-state index in [1.54, 1.807) is 12.3 Å². The lowest BCUT2D eigenvalue weighted by Gasteiger charge is -2.32. The van der Waals surface area contributed by atoms with E-state index in [2.05, 4.69) is 29.6 Å². The molecule has 1 aliphatic rings. The van der Waals surface area contributed by atoms with Crippen molar-refractivity contribution < 1.29 is 4.79 Å². The zero-order valence-electron chi connectivity index (χ0n) is 12.4. The van der Waals surface area contributed by atoms with Crippen molar-refractivity contribution in [3.05, 3.63) is 23.5 Å². The molecule has 0 bridgehead atoms.